The van der Waals surface area contributed by atoms with Crippen LogP contribution in [0.3, 0.4) is 0 Å². The van der Waals surface area contributed by atoms with Gasteiger partial charge in [0, 0.05) is 24.5 Å². The summed E-state index contributed by atoms with van der Waals surface area (Å²) < 4.78 is 0. The van der Waals surface area contributed by atoms with Crippen molar-refractivity contribution in [3.63, 3.8) is 0 Å². The quantitative estimate of drug-likeness (QED) is 0.770. The van der Waals surface area contributed by atoms with Gasteiger partial charge in [0.25, 0.3) is 0 Å². The van der Waals surface area contributed by atoms with Gasteiger partial charge in [-0.25, -0.2) is 9.97 Å². The van der Waals surface area contributed by atoms with Gasteiger partial charge in [-0.3, -0.25) is 0 Å². The van der Waals surface area contributed by atoms with Gasteiger partial charge in [0.15, 0.2) is 0 Å². The highest BCUT2D eigenvalue weighted by atomic mass is 14.9. The molecule has 16 heavy (non-hydrogen) atoms. The van der Waals surface area contributed by atoms with Gasteiger partial charge in [0.05, 0.1) is 0 Å². The van der Waals surface area contributed by atoms with Crippen LogP contribution in [0.4, 0.5) is 0 Å². The molecule has 82 valence electrons. The molecule has 0 unspecified atom stereocenters. The number of hydrogen-bond donors (Lipinski definition) is 1. The zero-order valence-electron chi connectivity index (χ0n) is 9.13. The van der Waals surface area contributed by atoms with Crippen molar-refractivity contribution in [1.82, 2.24) is 15.3 Å². The summed E-state index contributed by atoms with van der Waals surface area (Å²) in [5, 5.41) is 3.37. The largest absolute Gasteiger partial charge is 0.312 e. The lowest BCUT2D eigenvalue weighted by Crippen LogP contribution is -2.16. The molecule has 0 atom stereocenters. The first-order valence-electron chi connectivity index (χ1n) is 5.44. The molecular weight excluding hydrogens is 198 g/mol. The third-order valence-corrected chi connectivity index (χ3v) is 2.38. The van der Waals surface area contributed by atoms with Crippen LogP contribution < -0.4 is 5.32 Å². The molecular formula is C13H15N3. The average Bonchev–Trinajstić information content (AvgIpc) is 2.37. The van der Waals surface area contributed by atoms with E-state index in [1.807, 2.05) is 18.5 Å². The highest BCUT2D eigenvalue weighted by Crippen LogP contribution is 1.98. The molecule has 0 saturated carbocycles. The highest BCUT2D eigenvalue weighted by molar-refractivity contribution is 5.14. The summed E-state index contributed by atoms with van der Waals surface area (Å²) in [4.78, 5) is 7.94. The lowest BCUT2D eigenvalue weighted by molar-refractivity contribution is 0.683. The number of nitrogens with zero attached hydrogens (tertiary/aromatic N) is 2. The van der Waals surface area contributed by atoms with Crippen LogP contribution in [0, 0.1) is 0 Å². The second-order valence-corrected chi connectivity index (χ2v) is 3.66. The number of rotatable bonds is 5. The maximum atomic E-state index is 3.97. The van der Waals surface area contributed by atoms with E-state index in [2.05, 4.69) is 39.6 Å². The van der Waals surface area contributed by atoms with Crippen LogP contribution in [-0.2, 0) is 13.0 Å². The van der Waals surface area contributed by atoms with Crippen LogP contribution in [0.15, 0.2) is 49.1 Å². The van der Waals surface area contributed by atoms with E-state index < -0.39 is 0 Å². The van der Waals surface area contributed by atoms with E-state index in [0.717, 1.165) is 25.1 Å². The van der Waals surface area contributed by atoms with E-state index >= 15 is 0 Å². The molecule has 1 N–H and O–H groups in total. The number of hydrogen-bond acceptors (Lipinski definition) is 3. The van der Waals surface area contributed by atoms with Crippen molar-refractivity contribution in [3.05, 3.63) is 60.2 Å². The van der Waals surface area contributed by atoms with Crippen molar-refractivity contribution < 1.29 is 0 Å². The fourth-order valence-corrected chi connectivity index (χ4v) is 1.53. The van der Waals surface area contributed by atoms with Crippen LogP contribution in [0.25, 0.3) is 0 Å². The smallest absolute Gasteiger partial charge is 0.115 e. The maximum absolute atomic E-state index is 3.97. The summed E-state index contributed by atoms with van der Waals surface area (Å²) in [6.07, 6.45) is 6.27. The minimum atomic E-state index is 0.827. The van der Waals surface area contributed by atoms with E-state index in [0.29, 0.717) is 0 Å². The summed E-state index contributed by atoms with van der Waals surface area (Å²) in [5.74, 6) is 0. The van der Waals surface area contributed by atoms with E-state index in [1.54, 1.807) is 6.33 Å². The Kier molecular flexibility index (Phi) is 4.02. The second-order valence-electron chi connectivity index (χ2n) is 3.66. The molecule has 2 rings (SSSR count). The zero-order valence-corrected chi connectivity index (χ0v) is 9.13. The van der Waals surface area contributed by atoms with Gasteiger partial charge >= 0.3 is 0 Å². The lowest BCUT2D eigenvalue weighted by Gasteiger charge is -2.04. The van der Waals surface area contributed by atoms with Gasteiger partial charge in [0.1, 0.15) is 6.33 Å². The minimum Gasteiger partial charge on any atom is -0.312 e. The normalized spacial score (nSPS) is 10.2. The maximum Gasteiger partial charge on any atom is 0.115 e. The van der Waals surface area contributed by atoms with E-state index in [-0.39, 0.29) is 0 Å². The fourth-order valence-electron chi connectivity index (χ4n) is 1.53. The monoisotopic (exact) mass is 213 g/mol. The Hall–Kier alpha value is -1.74. The van der Waals surface area contributed by atoms with Crippen molar-refractivity contribution in [1.29, 1.82) is 0 Å². The van der Waals surface area contributed by atoms with Crippen molar-refractivity contribution >= 4 is 0 Å². The summed E-state index contributed by atoms with van der Waals surface area (Å²) in [6.45, 7) is 1.80. The third-order valence-electron chi connectivity index (χ3n) is 2.38. The van der Waals surface area contributed by atoms with Crippen LogP contribution in [0.2, 0.25) is 0 Å². The Balaban J connectivity index is 1.70. The van der Waals surface area contributed by atoms with Crippen molar-refractivity contribution in [2.45, 2.75) is 13.0 Å². The Bertz CT molecular complexity index is 359. The number of nitrogens with one attached hydrogen (secondary N) is 1. The van der Waals surface area contributed by atoms with Crippen LogP contribution >= 0.6 is 0 Å². The topological polar surface area (TPSA) is 37.8 Å². The van der Waals surface area contributed by atoms with Crippen LogP contribution in [0.5, 0.6) is 0 Å². The molecule has 0 bridgehead atoms. The molecule has 1 heterocycles. The Labute approximate surface area is 95.6 Å². The molecule has 0 aliphatic carbocycles. The summed E-state index contributed by atoms with van der Waals surface area (Å²) in [7, 11) is 0. The van der Waals surface area contributed by atoms with Gasteiger partial charge in [-0.2, -0.15) is 0 Å². The molecule has 0 fully saturated rings. The van der Waals surface area contributed by atoms with Crippen LogP contribution in [-0.4, -0.2) is 16.5 Å². The predicted molar refractivity (Wildman–Crippen MR) is 63.9 cm³/mol. The molecule has 0 spiro atoms. The molecule has 2 aromatic rings. The SMILES string of the molecule is c1ccc(CCNCc2cncnc2)cc1. The predicted octanol–water partition coefficient (Wildman–Crippen LogP) is 1.81. The minimum absolute atomic E-state index is 0.827. The number of benzene rings is 1. The number of aromatic nitrogens is 2. The first kappa shape index (κ1) is 10.8. The van der Waals surface area contributed by atoms with Crippen LogP contribution in [0.1, 0.15) is 11.1 Å². The van der Waals surface area contributed by atoms with Gasteiger partial charge in [-0.15, -0.1) is 0 Å². The molecule has 0 amide bonds. The first-order chi connectivity index (χ1) is 7.95. The van der Waals surface area contributed by atoms with Gasteiger partial charge < -0.3 is 5.32 Å². The summed E-state index contributed by atoms with van der Waals surface area (Å²) in [5.41, 5.74) is 2.48. The molecule has 0 radical (unpaired) electrons. The molecule has 1 aromatic carbocycles. The molecule has 0 aliphatic rings. The third kappa shape index (κ3) is 3.44. The Morgan fingerprint density at radius 3 is 2.44 bits per heavy atom. The van der Waals surface area contributed by atoms with E-state index in [1.165, 1.54) is 5.56 Å². The molecule has 1 aromatic heterocycles. The summed E-state index contributed by atoms with van der Waals surface area (Å²) in [6, 6.07) is 10.5. The molecule has 3 heteroatoms. The van der Waals surface area contributed by atoms with Gasteiger partial charge in [-0.05, 0) is 18.5 Å². The standard InChI is InChI=1S/C13H15N3/c1-2-4-12(5-3-1)6-7-14-8-13-9-15-11-16-10-13/h1-5,9-11,14H,6-8H2. The van der Waals surface area contributed by atoms with Crippen molar-refractivity contribution in [3.8, 4) is 0 Å². The van der Waals surface area contributed by atoms with Crippen molar-refractivity contribution in [2.75, 3.05) is 6.54 Å². The van der Waals surface area contributed by atoms with E-state index in [4.69, 9.17) is 0 Å². The summed E-state index contributed by atoms with van der Waals surface area (Å²) >= 11 is 0. The first-order valence-corrected chi connectivity index (χ1v) is 5.44. The van der Waals surface area contributed by atoms with E-state index in [9.17, 15) is 0 Å². The molecule has 0 aliphatic heterocycles. The highest BCUT2D eigenvalue weighted by Gasteiger charge is 1.93. The Morgan fingerprint density at radius 1 is 0.938 bits per heavy atom. The van der Waals surface area contributed by atoms with Crippen molar-refractivity contribution in [2.24, 2.45) is 0 Å². The fraction of sp³-hybridized carbons (Fsp3) is 0.231. The molecule has 0 saturated heterocycles. The Morgan fingerprint density at radius 2 is 1.69 bits per heavy atom. The lowest BCUT2D eigenvalue weighted by atomic mass is 10.1. The average molecular weight is 213 g/mol. The zero-order chi connectivity index (χ0) is 11.1. The second kappa shape index (κ2) is 5.98. The van der Waals surface area contributed by atoms with Gasteiger partial charge in [0.2, 0.25) is 0 Å². The molecule has 3 nitrogen and oxygen atoms in total. The van der Waals surface area contributed by atoms with Gasteiger partial charge in [-0.1, -0.05) is 30.3 Å².